The summed E-state index contributed by atoms with van der Waals surface area (Å²) in [6.45, 7) is 5.79. The molecular formula is C14H24N4O2. The Morgan fingerprint density at radius 1 is 1.25 bits per heavy atom. The molecular weight excluding hydrogens is 256 g/mol. The summed E-state index contributed by atoms with van der Waals surface area (Å²) >= 11 is 0. The van der Waals surface area contributed by atoms with Crippen molar-refractivity contribution in [1.82, 2.24) is 9.78 Å². The first-order valence-corrected chi connectivity index (χ1v) is 7.35. The van der Waals surface area contributed by atoms with E-state index in [-0.39, 0.29) is 23.0 Å². The van der Waals surface area contributed by atoms with E-state index in [1.54, 1.807) is 4.68 Å². The van der Waals surface area contributed by atoms with Crippen LogP contribution < -0.4 is 5.73 Å². The highest BCUT2D eigenvalue weighted by Gasteiger charge is 2.35. The van der Waals surface area contributed by atoms with Gasteiger partial charge in [0.1, 0.15) is 5.69 Å². The molecule has 2 N–H and O–H groups in total. The number of nitrogen functional groups attached to an aromatic ring is 1. The van der Waals surface area contributed by atoms with E-state index in [1.807, 2.05) is 20.8 Å². The van der Waals surface area contributed by atoms with Crippen LogP contribution in [0.5, 0.6) is 0 Å². The molecule has 20 heavy (non-hydrogen) atoms. The predicted molar refractivity (Wildman–Crippen MR) is 78.7 cm³/mol. The summed E-state index contributed by atoms with van der Waals surface area (Å²) in [7, 11) is 0. The van der Waals surface area contributed by atoms with Gasteiger partial charge in [-0.05, 0) is 12.8 Å². The molecule has 2 rings (SSSR count). The number of nitrogens with two attached hydrogens (primary N) is 1. The summed E-state index contributed by atoms with van der Waals surface area (Å²) in [5.41, 5.74) is 6.14. The normalized spacial score (nSPS) is 17.9. The van der Waals surface area contributed by atoms with Gasteiger partial charge in [-0.1, -0.05) is 46.5 Å². The van der Waals surface area contributed by atoms with Gasteiger partial charge >= 0.3 is 5.69 Å². The van der Waals surface area contributed by atoms with Crippen molar-refractivity contribution >= 4 is 11.5 Å². The van der Waals surface area contributed by atoms with Crippen molar-refractivity contribution in [2.75, 3.05) is 5.73 Å². The quantitative estimate of drug-likeness (QED) is 0.509. The molecule has 0 aliphatic heterocycles. The average molecular weight is 280 g/mol. The highest BCUT2D eigenvalue weighted by Crippen LogP contribution is 2.38. The van der Waals surface area contributed by atoms with E-state index in [9.17, 15) is 10.1 Å². The van der Waals surface area contributed by atoms with Crippen molar-refractivity contribution in [2.45, 2.75) is 70.8 Å². The van der Waals surface area contributed by atoms with Gasteiger partial charge in [0.15, 0.2) is 0 Å². The van der Waals surface area contributed by atoms with Crippen LogP contribution in [0.2, 0.25) is 0 Å². The Morgan fingerprint density at radius 3 is 2.20 bits per heavy atom. The summed E-state index contributed by atoms with van der Waals surface area (Å²) in [5.74, 6) is 0.215. The standard InChI is InChI=1S/C14H24N4O2/c1-14(2,3)12-11(18(19)20)13(15)17(16-12)10-8-6-4-5-7-9-10/h10H,4-9,15H2,1-3H3. The molecule has 6 heteroatoms. The van der Waals surface area contributed by atoms with Gasteiger partial charge in [-0.15, -0.1) is 0 Å². The number of anilines is 1. The average Bonchev–Trinajstić information content (AvgIpc) is 2.54. The molecule has 0 amide bonds. The minimum absolute atomic E-state index is 0.0123. The largest absolute Gasteiger partial charge is 0.378 e. The zero-order valence-electron chi connectivity index (χ0n) is 12.6. The second-order valence-electron chi connectivity index (χ2n) is 6.68. The van der Waals surface area contributed by atoms with Crippen LogP contribution in [-0.4, -0.2) is 14.7 Å². The molecule has 0 aromatic carbocycles. The molecule has 1 heterocycles. The van der Waals surface area contributed by atoms with Crippen molar-refractivity contribution in [3.05, 3.63) is 15.8 Å². The number of hydrogen-bond donors (Lipinski definition) is 1. The van der Waals surface area contributed by atoms with Gasteiger partial charge in [-0.2, -0.15) is 5.10 Å². The molecule has 0 saturated heterocycles. The summed E-state index contributed by atoms with van der Waals surface area (Å²) < 4.78 is 1.71. The minimum Gasteiger partial charge on any atom is -0.378 e. The van der Waals surface area contributed by atoms with Crippen molar-refractivity contribution in [3.63, 3.8) is 0 Å². The van der Waals surface area contributed by atoms with Gasteiger partial charge in [0.25, 0.3) is 0 Å². The maximum absolute atomic E-state index is 11.3. The molecule has 1 saturated carbocycles. The highest BCUT2D eigenvalue weighted by atomic mass is 16.6. The van der Waals surface area contributed by atoms with E-state index in [1.165, 1.54) is 12.8 Å². The number of hydrogen-bond acceptors (Lipinski definition) is 4. The lowest BCUT2D eigenvalue weighted by atomic mass is 9.91. The van der Waals surface area contributed by atoms with Crippen LogP contribution in [0.1, 0.15) is 71.0 Å². The molecule has 1 aromatic heterocycles. The van der Waals surface area contributed by atoms with E-state index in [0.29, 0.717) is 5.69 Å². The van der Waals surface area contributed by atoms with E-state index in [4.69, 9.17) is 5.73 Å². The molecule has 1 fully saturated rings. The van der Waals surface area contributed by atoms with Gasteiger partial charge in [0, 0.05) is 5.41 Å². The second kappa shape index (κ2) is 5.42. The zero-order valence-corrected chi connectivity index (χ0v) is 12.6. The first-order valence-electron chi connectivity index (χ1n) is 7.35. The fourth-order valence-corrected chi connectivity index (χ4v) is 2.90. The zero-order chi connectivity index (χ0) is 14.9. The molecule has 1 aromatic rings. The Morgan fingerprint density at radius 2 is 1.80 bits per heavy atom. The third-order valence-corrected chi connectivity index (χ3v) is 3.99. The first kappa shape index (κ1) is 14.8. The van der Waals surface area contributed by atoms with Crippen LogP contribution in [0, 0.1) is 10.1 Å². The topological polar surface area (TPSA) is 87.0 Å². The van der Waals surface area contributed by atoms with E-state index >= 15 is 0 Å². The van der Waals surface area contributed by atoms with E-state index < -0.39 is 4.92 Å². The Hall–Kier alpha value is -1.59. The Balaban J connectivity index is 2.46. The lowest BCUT2D eigenvalue weighted by Crippen LogP contribution is -2.16. The highest BCUT2D eigenvalue weighted by molar-refractivity contribution is 5.58. The molecule has 6 nitrogen and oxygen atoms in total. The SMILES string of the molecule is CC(C)(C)c1nn(C2CCCCCC2)c(N)c1[N+](=O)[O-]. The van der Waals surface area contributed by atoms with Gasteiger partial charge < -0.3 is 5.73 Å². The number of aromatic nitrogens is 2. The summed E-state index contributed by atoms with van der Waals surface area (Å²) in [5, 5.41) is 15.8. The third-order valence-electron chi connectivity index (χ3n) is 3.99. The summed E-state index contributed by atoms with van der Waals surface area (Å²) in [4.78, 5) is 10.9. The lowest BCUT2D eigenvalue weighted by Gasteiger charge is -2.16. The second-order valence-corrected chi connectivity index (χ2v) is 6.68. The van der Waals surface area contributed by atoms with Crippen molar-refractivity contribution in [2.24, 2.45) is 0 Å². The Bertz CT molecular complexity index is 494. The maximum Gasteiger partial charge on any atom is 0.334 e. The Kier molecular flexibility index (Phi) is 4.01. The maximum atomic E-state index is 11.3. The number of rotatable bonds is 2. The number of nitro groups is 1. The summed E-state index contributed by atoms with van der Waals surface area (Å²) in [6, 6.07) is 0.201. The van der Waals surface area contributed by atoms with Gasteiger partial charge in [0.05, 0.1) is 11.0 Å². The monoisotopic (exact) mass is 280 g/mol. The van der Waals surface area contributed by atoms with Crippen LogP contribution in [0.4, 0.5) is 11.5 Å². The van der Waals surface area contributed by atoms with Crippen LogP contribution in [-0.2, 0) is 5.41 Å². The number of nitrogens with zero attached hydrogens (tertiary/aromatic N) is 3. The van der Waals surface area contributed by atoms with Gasteiger partial charge in [-0.25, -0.2) is 4.68 Å². The summed E-state index contributed by atoms with van der Waals surface area (Å²) in [6.07, 6.45) is 6.75. The molecule has 0 radical (unpaired) electrons. The minimum atomic E-state index is -0.393. The van der Waals surface area contributed by atoms with E-state index in [0.717, 1.165) is 25.7 Å². The molecule has 0 bridgehead atoms. The lowest BCUT2D eigenvalue weighted by molar-refractivity contribution is -0.385. The third kappa shape index (κ3) is 2.78. The van der Waals surface area contributed by atoms with Crippen molar-refractivity contribution < 1.29 is 4.92 Å². The molecule has 1 aliphatic carbocycles. The first-order chi connectivity index (χ1) is 9.32. The fourth-order valence-electron chi connectivity index (χ4n) is 2.90. The van der Waals surface area contributed by atoms with Crippen LogP contribution in [0.15, 0.2) is 0 Å². The molecule has 1 aliphatic rings. The van der Waals surface area contributed by atoms with Gasteiger partial charge in [-0.3, -0.25) is 10.1 Å². The molecule has 0 atom stereocenters. The molecule has 112 valence electrons. The van der Waals surface area contributed by atoms with E-state index in [2.05, 4.69) is 5.10 Å². The van der Waals surface area contributed by atoms with Crippen molar-refractivity contribution in [1.29, 1.82) is 0 Å². The fraction of sp³-hybridized carbons (Fsp3) is 0.786. The van der Waals surface area contributed by atoms with Crippen LogP contribution in [0.25, 0.3) is 0 Å². The predicted octanol–water partition coefficient (Wildman–Crippen LogP) is 3.57. The Labute approximate surface area is 119 Å². The van der Waals surface area contributed by atoms with Crippen LogP contribution >= 0.6 is 0 Å². The van der Waals surface area contributed by atoms with Crippen molar-refractivity contribution in [3.8, 4) is 0 Å². The molecule has 0 unspecified atom stereocenters. The van der Waals surface area contributed by atoms with Gasteiger partial charge in [0.2, 0.25) is 5.82 Å². The molecule has 0 spiro atoms. The van der Waals surface area contributed by atoms with Crippen LogP contribution in [0.3, 0.4) is 0 Å². The smallest absolute Gasteiger partial charge is 0.334 e.